The molecule has 1 fully saturated rings. The van der Waals surface area contributed by atoms with Crippen LogP contribution in [0.25, 0.3) is 22.2 Å². The smallest absolute Gasteiger partial charge is 0.339 e. The summed E-state index contributed by atoms with van der Waals surface area (Å²) >= 11 is 2.04. The Bertz CT molecular complexity index is 1670. The van der Waals surface area contributed by atoms with Crippen LogP contribution in [0, 0.1) is 23.2 Å². The predicted molar refractivity (Wildman–Crippen MR) is 144 cm³/mol. The number of hydrogen-bond donors (Lipinski definition) is 0. The SMILES string of the molecule is CC(=O)Cc1cccc(-c2c(C)n(C3CC3)c(=O)c3c(Cc4ccc(I)cc4F)c(C)c(=O)oc23)n1. The van der Waals surface area contributed by atoms with Crippen LogP contribution >= 0.6 is 22.6 Å². The Morgan fingerprint density at radius 2 is 1.94 bits per heavy atom. The summed E-state index contributed by atoms with van der Waals surface area (Å²) in [6.07, 6.45) is 2.01. The molecule has 0 amide bonds. The molecule has 3 aromatic heterocycles. The maximum atomic E-state index is 14.8. The zero-order chi connectivity index (χ0) is 25.7. The van der Waals surface area contributed by atoms with E-state index in [9.17, 15) is 18.8 Å². The lowest BCUT2D eigenvalue weighted by atomic mass is 9.95. The van der Waals surface area contributed by atoms with E-state index >= 15 is 0 Å². The summed E-state index contributed by atoms with van der Waals surface area (Å²) in [5, 5.41) is 0.274. The number of halogens is 2. The molecule has 1 aliphatic rings. The molecule has 0 unspecified atom stereocenters. The van der Waals surface area contributed by atoms with Gasteiger partial charge in [-0.25, -0.2) is 9.18 Å². The molecule has 1 saturated carbocycles. The molecule has 0 N–H and O–H groups in total. The fourth-order valence-corrected chi connectivity index (χ4v) is 5.20. The molecule has 0 saturated heterocycles. The van der Waals surface area contributed by atoms with E-state index in [1.807, 2.05) is 29.5 Å². The molecule has 1 aliphatic carbocycles. The van der Waals surface area contributed by atoms with E-state index in [1.54, 1.807) is 41.8 Å². The van der Waals surface area contributed by atoms with Gasteiger partial charge in [-0.2, -0.15) is 0 Å². The first-order chi connectivity index (χ1) is 17.2. The fourth-order valence-electron chi connectivity index (χ4n) is 4.75. The van der Waals surface area contributed by atoms with Gasteiger partial charge in [0.1, 0.15) is 11.6 Å². The molecule has 184 valence electrons. The number of fused-ring (bicyclic) bond motifs is 1. The topological polar surface area (TPSA) is 82.2 Å². The third-order valence-corrected chi connectivity index (χ3v) is 7.32. The van der Waals surface area contributed by atoms with Gasteiger partial charge in [-0.15, -0.1) is 0 Å². The minimum atomic E-state index is -0.576. The third-order valence-electron chi connectivity index (χ3n) is 6.65. The van der Waals surface area contributed by atoms with Crippen molar-refractivity contribution < 1.29 is 13.6 Å². The van der Waals surface area contributed by atoms with Crippen LogP contribution in [0.3, 0.4) is 0 Å². The first-order valence-corrected chi connectivity index (χ1v) is 12.8. The van der Waals surface area contributed by atoms with Crippen LogP contribution in [0.15, 0.2) is 50.4 Å². The first kappa shape index (κ1) is 24.5. The Labute approximate surface area is 220 Å². The van der Waals surface area contributed by atoms with Gasteiger partial charge in [0.2, 0.25) is 0 Å². The van der Waals surface area contributed by atoms with Crippen molar-refractivity contribution in [1.29, 1.82) is 0 Å². The van der Waals surface area contributed by atoms with Gasteiger partial charge in [-0.05, 0) is 91.6 Å². The van der Waals surface area contributed by atoms with Crippen molar-refractivity contribution in [1.82, 2.24) is 9.55 Å². The molecule has 5 rings (SSSR count). The zero-order valence-electron chi connectivity index (χ0n) is 20.2. The van der Waals surface area contributed by atoms with Gasteiger partial charge in [-0.3, -0.25) is 14.6 Å². The molecular weight excluding hydrogens is 574 g/mol. The van der Waals surface area contributed by atoms with E-state index in [1.165, 1.54) is 13.0 Å². The predicted octanol–water partition coefficient (Wildman–Crippen LogP) is 5.43. The van der Waals surface area contributed by atoms with Crippen molar-refractivity contribution >= 4 is 39.3 Å². The van der Waals surface area contributed by atoms with Gasteiger partial charge < -0.3 is 8.98 Å². The van der Waals surface area contributed by atoms with Crippen LogP contribution < -0.4 is 11.2 Å². The van der Waals surface area contributed by atoms with Crippen molar-refractivity contribution in [3.05, 3.63) is 94.6 Å². The highest BCUT2D eigenvalue weighted by Gasteiger charge is 2.31. The maximum absolute atomic E-state index is 14.8. The highest BCUT2D eigenvalue weighted by atomic mass is 127. The molecule has 0 radical (unpaired) electrons. The van der Waals surface area contributed by atoms with Crippen molar-refractivity contribution in [3.63, 3.8) is 0 Å². The summed E-state index contributed by atoms with van der Waals surface area (Å²) < 4.78 is 23.1. The highest BCUT2D eigenvalue weighted by Crippen LogP contribution is 2.39. The first-order valence-electron chi connectivity index (χ1n) is 11.8. The number of benzene rings is 1. The van der Waals surface area contributed by atoms with Crippen molar-refractivity contribution in [2.24, 2.45) is 0 Å². The van der Waals surface area contributed by atoms with E-state index in [4.69, 9.17) is 4.42 Å². The summed E-state index contributed by atoms with van der Waals surface area (Å²) in [7, 11) is 0. The molecule has 0 spiro atoms. The standard InChI is InChI=1S/C28H24FIN2O4/c1-14(33)11-19-5-4-6-23(31-19)24-16(3)32(20-9-10-20)27(34)25-21(15(2)28(35)36-26(24)25)12-17-7-8-18(30)13-22(17)29/h4-8,13,20H,9-12H2,1-3H3. The Morgan fingerprint density at radius 3 is 2.61 bits per heavy atom. The second-order valence-electron chi connectivity index (χ2n) is 9.37. The maximum Gasteiger partial charge on any atom is 0.339 e. The highest BCUT2D eigenvalue weighted by molar-refractivity contribution is 14.1. The van der Waals surface area contributed by atoms with Crippen molar-refractivity contribution in [2.75, 3.05) is 0 Å². The number of pyridine rings is 2. The lowest BCUT2D eigenvalue weighted by molar-refractivity contribution is -0.116. The van der Waals surface area contributed by atoms with Gasteiger partial charge in [0.25, 0.3) is 5.56 Å². The Kier molecular flexibility index (Phi) is 6.40. The Balaban J connectivity index is 1.85. The quantitative estimate of drug-likeness (QED) is 0.277. The van der Waals surface area contributed by atoms with Gasteiger partial charge in [0.05, 0.1) is 16.6 Å². The van der Waals surface area contributed by atoms with Crippen molar-refractivity contribution in [2.45, 2.75) is 52.5 Å². The summed E-state index contributed by atoms with van der Waals surface area (Å²) in [5.74, 6) is -0.413. The van der Waals surface area contributed by atoms with E-state index in [-0.39, 0.29) is 46.8 Å². The molecule has 0 bridgehead atoms. The molecular formula is C28H24FIN2O4. The number of rotatable bonds is 6. The second kappa shape index (κ2) is 9.38. The van der Waals surface area contributed by atoms with E-state index < -0.39 is 11.4 Å². The van der Waals surface area contributed by atoms with E-state index in [0.717, 1.165) is 16.4 Å². The summed E-state index contributed by atoms with van der Waals surface area (Å²) in [6, 6.07) is 10.3. The summed E-state index contributed by atoms with van der Waals surface area (Å²) in [5.41, 5.74) is 2.77. The molecule has 8 heteroatoms. The zero-order valence-corrected chi connectivity index (χ0v) is 22.3. The largest absolute Gasteiger partial charge is 0.422 e. The monoisotopic (exact) mass is 598 g/mol. The van der Waals surface area contributed by atoms with Gasteiger partial charge >= 0.3 is 5.63 Å². The molecule has 1 aromatic carbocycles. The number of carbonyl (C=O) groups is 1. The second-order valence-corrected chi connectivity index (χ2v) is 10.6. The van der Waals surface area contributed by atoms with Crippen LogP contribution in [0.1, 0.15) is 53.9 Å². The van der Waals surface area contributed by atoms with Crippen LogP contribution in [-0.4, -0.2) is 15.3 Å². The van der Waals surface area contributed by atoms with Crippen LogP contribution in [0.4, 0.5) is 4.39 Å². The normalized spacial score (nSPS) is 13.4. The average molecular weight is 598 g/mol. The van der Waals surface area contributed by atoms with E-state index in [0.29, 0.717) is 33.8 Å². The molecule has 0 atom stereocenters. The molecule has 0 aliphatic heterocycles. The van der Waals surface area contributed by atoms with Gasteiger partial charge in [0, 0.05) is 39.4 Å². The van der Waals surface area contributed by atoms with Gasteiger partial charge in [0.15, 0.2) is 5.58 Å². The molecule has 4 aromatic rings. The molecule has 6 nitrogen and oxygen atoms in total. The average Bonchev–Trinajstić information content (AvgIpc) is 3.63. The van der Waals surface area contributed by atoms with Crippen LogP contribution in [0.2, 0.25) is 0 Å². The summed E-state index contributed by atoms with van der Waals surface area (Å²) in [4.78, 5) is 43.3. The number of carbonyl (C=O) groups excluding carboxylic acids is 1. The minimum Gasteiger partial charge on any atom is -0.422 e. The van der Waals surface area contributed by atoms with Crippen molar-refractivity contribution in [3.8, 4) is 11.3 Å². The van der Waals surface area contributed by atoms with Gasteiger partial charge in [-0.1, -0.05) is 12.1 Å². The molecule has 36 heavy (non-hydrogen) atoms. The number of hydrogen-bond acceptors (Lipinski definition) is 5. The third kappa shape index (κ3) is 4.42. The molecule has 3 heterocycles. The lowest BCUT2D eigenvalue weighted by Gasteiger charge is -2.18. The number of nitrogens with zero attached hydrogens (tertiary/aromatic N) is 2. The summed E-state index contributed by atoms with van der Waals surface area (Å²) in [6.45, 7) is 4.93. The number of ketones is 1. The van der Waals surface area contributed by atoms with Crippen LogP contribution in [-0.2, 0) is 17.6 Å². The Morgan fingerprint density at radius 1 is 1.19 bits per heavy atom. The number of Topliss-reactive ketones (excluding diaryl/α,β-unsaturated/α-hetero) is 1. The lowest BCUT2D eigenvalue weighted by Crippen LogP contribution is -2.26. The van der Waals surface area contributed by atoms with Crippen LogP contribution in [0.5, 0.6) is 0 Å². The number of aromatic nitrogens is 2. The fraction of sp³-hybridized carbons (Fsp3) is 0.286. The minimum absolute atomic E-state index is 0.0202. The van der Waals surface area contributed by atoms with E-state index in [2.05, 4.69) is 4.98 Å². The Hall–Kier alpha value is -3.14.